The summed E-state index contributed by atoms with van der Waals surface area (Å²) in [4.78, 5) is 30.1. The molecule has 2 heterocycles. The second kappa shape index (κ2) is 9.39. The van der Waals surface area contributed by atoms with Crippen LogP contribution in [0.4, 0.5) is 0 Å². The second-order valence-corrected chi connectivity index (χ2v) is 8.59. The van der Waals surface area contributed by atoms with Gasteiger partial charge in [-0.1, -0.05) is 65.8 Å². The summed E-state index contributed by atoms with van der Waals surface area (Å²) in [5.74, 6) is 0.548. The van der Waals surface area contributed by atoms with Crippen LogP contribution in [-0.4, -0.2) is 52.9 Å². The molecule has 6 heteroatoms. The monoisotopic (exact) mass is 431 g/mol. The number of carbonyl (C=O) groups is 2. The average Bonchev–Trinajstić information content (AvgIpc) is 3.46. The van der Waals surface area contributed by atoms with E-state index < -0.39 is 5.54 Å². The van der Waals surface area contributed by atoms with Gasteiger partial charge in [-0.05, 0) is 24.8 Å². The highest BCUT2D eigenvalue weighted by atomic mass is 16.5. The number of benzene rings is 2. The minimum absolute atomic E-state index is 0.00403. The maximum Gasteiger partial charge on any atom is 0.248 e. The van der Waals surface area contributed by atoms with Crippen LogP contribution in [0.1, 0.15) is 30.6 Å². The van der Waals surface area contributed by atoms with E-state index in [0.29, 0.717) is 38.0 Å². The number of aryl methyl sites for hydroxylation is 1. The fraction of sp³-hybridized carbons (Fsp3) is 0.346. The van der Waals surface area contributed by atoms with Crippen molar-refractivity contribution in [1.82, 2.24) is 15.0 Å². The Hall–Kier alpha value is -3.41. The lowest BCUT2D eigenvalue weighted by Gasteiger charge is -2.38. The Labute approximate surface area is 188 Å². The number of nitrogens with zero attached hydrogens (tertiary/aromatic N) is 3. The highest BCUT2D eigenvalue weighted by Gasteiger charge is 2.50. The molecule has 1 saturated heterocycles. The SMILES string of the molecule is CN(C)C(=O)[C@@]1(Cc2cc(-c3ccccc3)no2)CCCN1C(=O)CCc1ccccc1. The molecule has 1 fully saturated rings. The van der Waals surface area contributed by atoms with Gasteiger partial charge in [0.1, 0.15) is 17.0 Å². The molecule has 3 aromatic rings. The van der Waals surface area contributed by atoms with Crippen molar-refractivity contribution < 1.29 is 14.1 Å². The summed E-state index contributed by atoms with van der Waals surface area (Å²) >= 11 is 0. The van der Waals surface area contributed by atoms with Gasteiger partial charge in [0.25, 0.3) is 0 Å². The molecule has 0 spiro atoms. The van der Waals surface area contributed by atoms with E-state index in [1.54, 1.807) is 23.9 Å². The lowest BCUT2D eigenvalue weighted by atomic mass is 9.88. The standard InChI is InChI=1S/C26H29N3O3/c1-28(2)25(31)26(19-22-18-23(27-32-22)21-12-7-4-8-13-21)16-9-17-29(26)24(30)15-14-20-10-5-3-6-11-20/h3-8,10-13,18H,9,14-17,19H2,1-2H3/t26-/m0/s1. The van der Waals surface area contributed by atoms with Gasteiger partial charge < -0.3 is 14.3 Å². The van der Waals surface area contributed by atoms with Gasteiger partial charge in [0.15, 0.2) is 0 Å². The first-order valence-electron chi connectivity index (χ1n) is 11.1. The van der Waals surface area contributed by atoms with E-state index >= 15 is 0 Å². The Balaban J connectivity index is 1.57. The summed E-state index contributed by atoms with van der Waals surface area (Å²) in [5.41, 5.74) is 1.86. The van der Waals surface area contributed by atoms with E-state index in [0.717, 1.165) is 23.2 Å². The molecule has 0 radical (unpaired) electrons. The van der Waals surface area contributed by atoms with E-state index in [2.05, 4.69) is 5.16 Å². The number of likely N-dealkylation sites (tertiary alicyclic amines) is 1. The molecular formula is C26H29N3O3. The van der Waals surface area contributed by atoms with Gasteiger partial charge >= 0.3 is 0 Å². The van der Waals surface area contributed by atoms with Crippen LogP contribution in [0.15, 0.2) is 71.3 Å². The van der Waals surface area contributed by atoms with Crippen LogP contribution in [0, 0.1) is 0 Å². The lowest BCUT2D eigenvalue weighted by molar-refractivity contribution is -0.150. The van der Waals surface area contributed by atoms with Crippen molar-refractivity contribution in [2.45, 2.75) is 37.6 Å². The maximum absolute atomic E-state index is 13.4. The van der Waals surface area contributed by atoms with Crippen molar-refractivity contribution in [2.24, 2.45) is 0 Å². The van der Waals surface area contributed by atoms with Crippen LogP contribution in [-0.2, 0) is 22.4 Å². The fourth-order valence-corrected chi connectivity index (χ4v) is 4.60. The molecule has 6 nitrogen and oxygen atoms in total. The third-order valence-corrected chi connectivity index (χ3v) is 6.16. The van der Waals surface area contributed by atoms with Crippen molar-refractivity contribution >= 4 is 11.8 Å². The van der Waals surface area contributed by atoms with Gasteiger partial charge in [-0.2, -0.15) is 0 Å². The lowest BCUT2D eigenvalue weighted by Crippen LogP contribution is -2.58. The topological polar surface area (TPSA) is 66.7 Å². The van der Waals surface area contributed by atoms with E-state index in [1.807, 2.05) is 66.7 Å². The molecular weight excluding hydrogens is 402 g/mol. The third kappa shape index (κ3) is 4.44. The molecule has 166 valence electrons. The summed E-state index contributed by atoms with van der Waals surface area (Å²) in [5, 5.41) is 4.21. The molecule has 0 unspecified atom stereocenters. The Morgan fingerprint density at radius 2 is 1.75 bits per heavy atom. The summed E-state index contributed by atoms with van der Waals surface area (Å²) < 4.78 is 5.63. The molecule has 1 aliphatic heterocycles. The molecule has 1 atom stereocenters. The first-order chi connectivity index (χ1) is 15.5. The molecule has 32 heavy (non-hydrogen) atoms. The van der Waals surface area contributed by atoms with Gasteiger partial charge in [-0.3, -0.25) is 9.59 Å². The van der Waals surface area contributed by atoms with Crippen LogP contribution in [0.2, 0.25) is 0 Å². The van der Waals surface area contributed by atoms with Crippen LogP contribution in [0.3, 0.4) is 0 Å². The highest BCUT2D eigenvalue weighted by molar-refractivity contribution is 5.92. The zero-order valence-corrected chi connectivity index (χ0v) is 18.7. The molecule has 1 aliphatic rings. The van der Waals surface area contributed by atoms with E-state index in [1.165, 1.54) is 0 Å². The summed E-state index contributed by atoms with van der Waals surface area (Å²) in [6, 6.07) is 21.6. The average molecular weight is 432 g/mol. The molecule has 0 bridgehead atoms. The Bertz CT molecular complexity index is 1060. The summed E-state index contributed by atoms with van der Waals surface area (Å²) in [6.07, 6.45) is 2.75. The smallest absolute Gasteiger partial charge is 0.248 e. The van der Waals surface area contributed by atoms with Gasteiger partial charge in [-0.15, -0.1) is 0 Å². The second-order valence-electron chi connectivity index (χ2n) is 8.59. The van der Waals surface area contributed by atoms with Crippen LogP contribution in [0.5, 0.6) is 0 Å². The van der Waals surface area contributed by atoms with Crippen LogP contribution in [0.25, 0.3) is 11.3 Å². The molecule has 0 N–H and O–H groups in total. The van der Waals surface area contributed by atoms with Gasteiger partial charge in [0, 0.05) is 45.1 Å². The number of hydrogen-bond donors (Lipinski definition) is 0. The maximum atomic E-state index is 13.4. The normalized spacial score (nSPS) is 18.0. The van der Waals surface area contributed by atoms with Crippen molar-refractivity contribution in [3.05, 3.63) is 78.1 Å². The zero-order chi connectivity index (χ0) is 22.6. The van der Waals surface area contributed by atoms with Gasteiger partial charge in [0.05, 0.1) is 0 Å². The number of carbonyl (C=O) groups excluding carboxylic acids is 2. The van der Waals surface area contributed by atoms with Crippen LogP contribution >= 0.6 is 0 Å². The fourth-order valence-electron chi connectivity index (χ4n) is 4.60. The molecule has 2 amide bonds. The zero-order valence-electron chi connectivity index (χ0n) is 18.7. The Kier molecular flexibility index (Phi) is 6.40. The van der Waals surface area contributed by atoms with E-state index in [9.17, 15) is 9.59 Å². The molecule has 4 rings (SSSR count). The third-order valence-electron chi connectivity index (χ3n) is 6.16. The van der Waals surface area contributed by atoms with E-state index in [4.69, 9.17) is 4.52 Å². The van der Waals surface area contributed by atoms with Crippen LogP contribution < -0.4 is 0 Å². The Morgan fingerprint density at radius 3 is 2.44 bits per heavy atom. The van der Waals surface area contributed by atoms with E-state index in [-0.39, 0.29) is 11.8 Å². The predicted molar refractivity (Wildman–Crippen MR) is 123 cm³/mol. The minimum Gasteiger partial charge on any atom is -0.361 e. The predicted octanol–water partition coefficient (Wildman–Crippen LogP) is 3.97. The number of amides is 2. The molecule has 0 aliphatic carbocycles. The summed E-state index contributed by atoms with van der Waals surface area (Å²) in [6.45, 7) is 0.576. The van der Waals surface area contributed by atoms with Gasteiger partial charge in [-0.25, -0.2) is 0 Å². The van der Waals surface area contributed by atoms with Crippen molar-refractivity contribution in [1.29, 1.82) is 0 Å². The highest BCUT2D eigenvalue weighted by Crippen LogP contribution is 2.36. The molecule has 2 aromatic carbocycles. The number of hydrogen-bond acceptors (Lipinski definition) is 4. The van der Waals surface area contributed by atoms with Gasteiger partial charge in [0.2, 0.25) is 11.8 Å². The summed E-state index contributed by atoms with van der Waals surface area (Å²) in [7, 11) is 3.48. The number of aromatic nitrogens is 1. The number of likely N-dealkylation sites (N-methyl/N-ethyl adjacent to an activating group) is 1. The molecule has 1 aromatic heterocycles. The first kappa shape index (κ1) is 21.8. The van der Waals surface area contributed by atoms with Crippen molar-refractivity contribution in [3.8, 4) is 11.3 Å². The van der Waals surface area contributed by atoms with Crippen molar-refractivity contribution in [2.75, 3.05) is 20.6 Å². The molecule has 0 saturated carbocycles. The minimum atomic E-state index is -0.940. The number of rotatable bonds is 7. The Morgan fingerprint density at radius 1 is 1.06 bits per heavy atom. The first-order valence-corrected chi connectivity index (χ1v) is 11.1. The quantitative estimate of drug-likeness (QED) is 0.568. The van der Waals surface area contributed by atoms with Crippen molar-refractivity contribution in [3.63, 3.8) is 0 Å². The largest absolute Gasteiger partial charge is 0.361 e.